The number of para-hydroxylation sites is 1. The van der Waals surface area contributed by atoms with E-state index < -0.39 is 11.5 Å². The van der Waals surface area contributed by atoms with Crippen molar-refractivity contribution in [2.75, 3.05) is 5.32 Å². The average Bonchev–Trinajstić information content (AvgIpc) is 2.83. The molecule has 2 aromatic carbocycles. The quantitative estimate of drug-likeness (QED) is 0.293. The van der Waals surface area contributed by atoms with Crippen molar-refractivity contribution in [2.45, 2.75) is 20.8 Å². The number of benzene rings is 2. The maximum Gasteiger partial charge on any atom is 0.269 e. The number of anilines is 1. The second kappa shape index (κ2) is 9.84. The van der Waals surface area contributed by atoms with Gasteiger partial charge in [0.2, 0.25) is 5.88 Å². The number of nitrogens with zero attached hydrogens (tertiary/aromatic N) is 3. The molecule has 0 bridgehead atoms. The number of pyridine rings is 1. The Morgan fingerprint density at radius 2 is 1.89 bits per heavy atom. The number of carbonyl (C=O) groups is 1. The molecule has 0 saturated heterocycles. The van der Waals surface area contributed by atoms with Gasteiger partial charge < -0.3 is 10.1 Å². The Bertz CT molecular complexity index is 1600. The Morgan fingerprint density at radius 1 is 1.11 bits per heavy atom. The molecule has 2 heterocycles. The lowest BCUT2D eigenvalue weighted by atomic mass is 10.1. The van der Waals surface area contributed by atoms with E-state index in [0.29, 0.717) is 16.4 Å². The Kier molecular flexibility index (Phi) is 6.67. The summed E-state index contributed by atoms with van der Waals surface area (Å²) in [7, 11) is 0. The Hall–Kier alpha value is -4.41. The van der Waals surface area contributed by atoms with Crippen LogP contribution in [0.1, 0.15) is 22.3 Å². The van der Waals surface area contributed by atoms with E-state index in [1.165, 1.54) is 10.5 Å². The number of fused-ring (bicyclic) bond motifs is 1. The predicted molar refractivity (Wildman–Crippen MR) is 136 cm³/mol. The van der Waals surface area contributed by atoms with Crippen LogP contribution in [0.5, 0.6) is 11.6 Å². The molecule has 35 heavy (non-hydrogen) atoms. The minimum Gasteiger partial charge on any atom is -0.437 e. The molecular weight excluding hydrogens is 464 g/mol. The molecular formula is C27H21ClN4O3. The van der Waals surface area contributed by atoms with Crippen LogP contribution < -0.4 is 15.6 Å². The Morgan fingerprint density at radius 3 is 2.63 bits per heavy atom. The van der Waals surface area contributed by atoms with Gasteiger partial charge in [0.25, 0.3) is 11.5 Å². The van der Waals surface area contributed by atoms with Gasteiger partial charge in [-0.25, -0.2) is 0 Å². The molecule has 0 aliphatic carbocycles. The normalized spacial score (nSPS) is 11.2. The molecule has 0 atom stereocenters. The monoisotopic (exact) mass is 484 g/mol. The lowest BCUT2D eigenvalue weighted by Gasteiger charge is -2.12. The molecule has 1 N–H and O–H groups in total. The second-order valence-corrected chi connectivity index (χ2v) is 8.40. The van der Waals surface area contributed by atoms with Gasteiger partial charge in [-0.05, 0) is 67.8 Å². The molecule has 7 nitrogen and oxygen atoms in total. The number of carbonyl (C=O) groups excluding carboxylic acids is 1. The van der Waals surface area contributed by atoms with E-state index in [4.69, 9.17) is 16.3 Å². The highest BCUT2D eigenvalue weighted by Crippen LogP contribution is 2.30. The molecule has 0 fully saturated rings. The van der Waals surface area contributed by atoms with Crippen LogP contribution in [0.25, 0.3) is 11.7 Å². The number of aryl methyl sites for hydroxylation is 3. The number of hydrogen-bond donors (Lipinski definition) is 1. The van der Waals surface area contributed by atoms with Crippen molar-refractivity contribution < 1.29 is 9.53 Å². The molecule has 0 aliphatic rings. The van der Waals surface area contributed by atoms with E-state index in [9.17, 15) is 14.9 Å². The van der Waals surface area contributed by atoms with Crippen LogP contribution in [0.4, 0.5) is 5.69 Å². The molecule has 174 valence electrons. The van der Waals surface area contributed by atoms with Crippen molar-refractivity contribution in [1.29, 1.82) is 5.26 Å². The molecule has 0 aliphatic heterocycles. The van der Waals surface area contributed by atoms with Crippen LogP contribution in [-0.4, -0.2) is 15.3 Å². The predicted octanol–water partition coefficient (Wildman–Crippen LogP) is 5.61. The van der Waals surface area contributed by atoms with Gasteiger partial charge in [0.05, 0.1) is 5.02 Å². The third-order valence-electron chi connectivity index (χ3n) is 5.39. The van der Waals surface area contributed by atoms with Gasteiger partial charge in [-0.1, -0.05) is 41.9 Å². The highest BCUT2D eigenvalue weighted by molar-refractivity contribution is 6.32. The van der Waals surface area contributed by atoms with Gasteiger partial charge in [-0.2, -0.15) is 10.2 Å². The van der Waals surface area contributed by atoms with Crippen LogP contribution in [0.3, 0.4) is 0 Å². The summed E-state index contributed by atoms with van der Waals surface area (Å²) in [6, 6.07) is 17.8. The van der Waals surface area contributed by atoms with Gasteiger partial charge in [-0.3, -0.25) is 14.0 Å². The highest BCUT2D eigenvalue weighted by Gasteiger charge is 2.19. The molecule has 0 saturated carbocycles. The van der Waals surface area contributed by atoms with E-state index in [2.05, 4.69) is 10.3 Å². The first-order chi connectivity index (χ1) is 16.8. The van der Waals surface area contributed by atoms with Crippen molar-refractivity contribution in [3.05, 3.63) is 104 Å². The Balaban J connectivity index is 1.85. The molecule has 2 aromatic heterocycles. The standard InChI is InChI=1S/C27H21ClN4O3/c1-16-10-11-17(2)22(13-16)30-25(33)19(15-29)14-20-26(35-23-9-5-4-8-21(23)28)31-24-18(3)7-6-12-32(24)27(20)34/h4-14H,1-3H3,(H,30,33)/b19-14-. The third-order valence-corrected chi connectivity index (χ3v) is 5.70. The minimum atomic E-state index is -0.654. The van der Waals surface area contributed by atoms with Crippen molar-refractivity contribution in [3.8, 4) is 17.7 Å². The highest BCUT2D eigenvalue weighted by atomic mass is 35.5. The van der Waals surface area contributed by atoms with Gasteiger partial charge in [0.15, 0.2) is 0 Å². The minimum absolute atomic E-state index is 0.0549. The zero-order valence-electron chi connectivity index (χ0n) is 19.3. The lowest BCUT2D eigenvalue weighted by molar-refractivity contribution is -0.112. The van der Waals surface area contributed by atoms with Crippen molar-refractivity contribution in [2.24, 2.45) is 0 Å². The van der Waals surface area contributed by atoms with E-state index in [1.54, 1.807) is 36.5 Å². The largest absolute Gasteiger partial charge is 0.437 e. The smallest absolute Gasteiger partial charge is 0.269 e. The van der Waals surface area contributed by atoms with Gasteiger partial charge >= 0.3 is 0 Å². The summed E-state index contributed by atoms with van der Waals surface area (Å²) >= 11 is 6.25. The zero-order chi connectivity index (χ0) is 25.1. The number of halogens is 1. The summed E-state index contributed by atoms with van der Waals surface area (Å²) < 4.78 is 7.27. The first-order valence-electron chi connectivity index (χ1n) is 10.7. The number of hydrogen-bond acceptors (Lipinski definition) is 5. The number of amides is 1. The van der Waals surface area contributed by atoms with Crippen LogP contribution in [-0.2, 0) is 4.79 Å². The van der Waals surface area contributed by atoms with E-state index >= 15 is 0 Å². The first-order valence-corrected chi connectivity index (χ1v) is 11.1. The van der Waals surface area contributed by atoms with Crippen molar-refractivity contribution >= 4 is 34.9 Å². The third kappa shape index (κ3) is 4.93. The lowest BCUT2D eigenvalue weighted by Crippen LogP contribution is -2.21. The second-order valence-electron chi connectivity index (χ2n) is 8.00. The van der Waals surface area contributed by atoms with Gasteiger partial charge in [0.1, 0.15) is 28.6 Å². The van der Waals surface area contributed by atoms with E-state index in [-0.39, 0.29) is 22.8 Å². The zero-order valence-corrected chi connectivity index (χ0v) is 20.1. The summed E-state index contributed by atoms with van der Waals surface area (Å²) in [5.41, 5.74) is 2.68. The summed E-state index contributed by atoms with van der Waals surface area (Å²) in [5, 5.41) is 12.8. The van der Waals surface area contributed by atoms with Crippen LogP contribution in [0, 0.1) is 32.1 Å². The van der Waals surface area contributed by atoms with Crippen LogP contribution >= 0.6 is 11.6 Å². The summed E-state index contributed by atoms with van der Waals surface area (Å²) in [6.45, 7) is 5.56. The van der Waals surface area contributed by atoms with E-state index in [1.807, 2.05) is 51.1 Å². The topological polar surface area (TPSA) is 96.5 Å². The van der Waals surface area contributed by atoms with Gasteiger partial charge in [0, 0.05) is 11.9 Å². The summed E-state index contributed by atoms with van der Waals surface area (Å²) in [4.78, 5) is 30.9. The average molecular weight is 485 g/mol. The SMILES string of the molecule is Cc1ccc(C)c(NC(=O)/C(C#N)=C\c2c(Oc3ccccc3Cl)nc3c(C)cccn3c2=O)c1. The Labute approximate surface area is 206 Å². The maximum atomic E-state index is 13.4. The fourth-order valence-corrected chi connectivity index (χ4v) is 3.65. The molecule has 0 unspecified atom stereocenters. The number of nitrogens with one attached hydrogen (secondary N) is 1. The number of nitriles is 1. The van der Waals surface area contributed by atoms with Crippen LogP contribution in [0.15, 0.2) is 71.2 Å². The van der Waals surface area contributed by atoms with Crippen molar-refractivity contribution in [3.63, 3.8) is 0 Å². The summed E-state index contributed by atoms with van der Waals surface area (Å²) in [6.07, 6.45) is 2.76. The number of rotatable bonds is 5. The fourth-order valence-electron chi connectivity index (χ4n) is 3.48. The summed E-state index contributed by atoms with van der Waals surface area (Å²) in [5.74, 6) is -0.435. The fraction of sp³-hybridized carbons (Fsp3) is 0.111. The number of aromatic nitrogens is 2. The van der Waals surface area contributed by atoms with Gasteiger partial charge in [-0.15, -0.1) is 0 Å². The molecule has 4 rings (SSSR count). The molecule has 0 spiro atoms. The molecule has 8 heteroatoms. The molecule has 4 aromatic rings. The first kappa shape index (κ1) is 23.7. The molecule has 1 amide bonds. The maximum absolute atomic E-state index is 13.4. The van der Waals surface area contributed by atoms with E-state index in [0.717, 1.165) is 16.7 Å². The van der Waals surface area contributed by atoms with Crippen molar-refractivity contribution in [1.82, 2.24) is 9.38 Å². The number of ether oxygens (including phenoxy) is 1. The molecule has 0 radical (unpaired) electrons. The van der Waals surface area contributed by atoms with Crippen LogP contribution in [0.2, 0.25) is 5.02 Å².